The van der Waals surface area contributed by atoms with Gasteiger partial charge in [0.05, 0.1) is 17.4 Å². The minimum Gasteiger partial charge on any atom is -0.538 e. The first-order chi connectivity index (χ1) is 15.6. The second-order valence-electron chi connectivity index (χ2n) is 7.20. The third-order valence-electron chi connectivity index (χ3n) is 5.04. The number of esters is 1. The summed E-state index contributed by atoms with van der Waals surface area (Å²) in [4.78, 5) is 26.3. The van der Waals surface area contributed by atoms with Crippen molar-refractivity contribution in [3.63, 3.8) is 0 Å². The van der Waals surface area contributed by atoms with Crippen LogP contribution < -0.4 is 15.1 Å². The van der Waals surface area contributed by atoms with Gasteiger partial charge in [0.2, 0.25) is 11.6 Å². The van der Waals surface area contributed by atoms with Gasteiger partial charge in [0.25, 0.3) is 5.03 Å². The first kappa shape index (κ1) is 22.3. The van der Waals surface area contributed by atoms with E-state index in [1.54, 1.807) is 6.92 Å². The van der Waals surface area contributed by atoms with E-state index < -0.39 is 5.95 Å². The Bertz CT molecular complexity index is 1110. The molecule has 32 heavy (non-hydrogen) atoms. The molecule has 1 amide bonds. The summed E-state index contributed by atoms with van der Waals surface area (Å²) in [6.07, 6.45) is 4.01. The van der Waals surface area contributed by atoms with E-state index in [0.717, 1.165) is 36.1 Å². The number of hydrogen-bond acceptors (Lipinski definition) is 8. The molecule has 168 valence electrons. The Labute approximate surface area is 193 Å². The van der Waals surface area contributed by atoms with Crippen LogP contribution in [0.2, 0.25) is 0 Å². The van der Waals surface area contributed by atoms with Crippen LogP contribution in [0, 0.1) is 0 Å². The average Bonchev–Trinajstić information content (AvgIpc) is 3.34. The number of ether oxygens (including phenoxy) is 1. The third-order valence-corrected chi connectivity index (χ3v) is 7.27. The number of carbonyl (C=O) groups is 2. The van der Waals surface area contributed by atoms with Crippen LogP contribution in [0.1, 0.15) is 47.0 Å². The molecule has 8 nitrogen and oxygen atoms in total. The van der Waals surface area contributed by atoms with Crippen LogP contribution in [0.25, 0.3) is 5.69 Å². The Morgan fingerprint density at radius 1 is 1.28 bits per heavy atom. The first-order valence-corrected chi connectivity index (χ1v) is 12.3. The van der Waals surface area contributed by atoms with Crippen molar-refractivity contribution in [2.45, 2.75) is 44.1 Å². The molecule has 2 heterocycles. The number of amides is 1. The number of anilines is 1. The molecule has 3 aromatic rings. The third kappa shape index (κ3) is 4.81. The Morgan fingerprint density at radius 3 is 2.84 bits per heavy atom. The minimum absolute atomic E-state index is 0.162. The zero-order valence-electron chi connectivity index (χ0n) is 17.6. The quantitative estimate of drug-likeness (QED) is 0.304. The molecule has 2 aromatic heterocycles. The van der Waals surface area contributed by atoms with Gasteiger partial charge in [-0.15, -0.1) is 11.3 Å². The van der Waals surface area contributed by atoms with Gasteiger partial charge in [-0.25, -0.2) is 4.79 Å². The number of nitrogens with one attached hydrogen (secondary N) is 1. The molecule has 1 aliphatic rings. The van der Waals surface area contributed by atoms with Crippen molar-refractivity contribution in [2.24, 2.45) is 0 Å². The highest BCUT2D eigenvalue weighted by Crippen LogP contribution is 2.38. The maximum Gasteiger partial charge on any atom is 0.341 e. The van der Waals surface area contributed by atoms with Crippen LogP contribution in [0.3, 0.4) is 0 Å². The topological polar surface area (TPSA) is 108 Å². The molecule has 0 atom stereocenters. The molecule has 10 heteroatoms. The standard InChI is InChI=1S/C22H23N3O5S2/c1-2-29-21(27)18-15-10-6-7-11-16(15)32-19(18)23-17(26)12-13-31-20-22(28)30-24-25(20)14-8-4-3-5-9-14/h3-5,8-9H,2,6-7,10-13H2,1H3,(H-,23,24,26,27,28). The number of carbonyl (C=O) groups excluding carboxylic acids is 2. The lowest BCUT2D eigenvalue weighted by Crippen LogP contribution is -2.34. The van der Waals surface area contributed by atoms with Gasteiger partial charge in [-0.2, -0.15) is 0 Å². The summed E-state index contributed by atoms with van der Waals surface area (Å²) in [5, 5.41) is 19.6. The zero-order chi connectivity index (χ0) is 22.5. The predicted molar refractivity (Wildman–Crippen MR) is 118 cm³/mol. The van der Waals surface area contributed by atoms with Gasteiger partial charge in [-0.3, -0.25) is 4.79 Å². The van der Waals surface area contributed by atoms with Crippen molar-refractivity contribution in [1.82, 2.24) is 5.27 Å². The molecular formula is C22H23N3O5S2. The van der Waals surface area contributed by atoms with Gasteiger partial charge in [-0.1, -0.05) is 30.0 Å². The summed E-state index contributed by atoms with van der Waals surface area (Å²) in [5.74, 6) is -0.804. The highest BCUT2D eigenvalue weighted by Gasteiger charge is 2.27. The number of benzene rings is 1. The van der Waals surface area contributed by atoms with Crippen LogP contribution in [0.15, 0.2) is 39.9 Å². The van der Waals surface area contributed by atoms with E-state index >= 15 is 0 Å². The van der Waals surface area contributed by atoms with Gasteiger partial charge in [0.1, 0.15) is 5.00 Å². The Kier molecular flexibility index (Phi) is 7.11. The van der Waals surface area contributed by atoms with E-state index in [-0.39, 0.29) is 24.9 Å². The van der Waals surface area contributed by atoms with Crippen LogP contribution >= 0.6 is 23.1 Å². The molecule has 0 unspecified atom stereocenters. The summed E-state index contributed by atoms with van der Waals surface area (Å²) < 4.78 is 11.5. The summed E-state index contributed by atoms with van der Waals surface area (Å²) >= 11 is 2.66. The molecule has 0 aliphatic heterocycles. The smallest absolute Gasteiger partial charge is 0.341 e. The second-order valence-corrected chi connectivity index (χ2v) is 9.38. The predicted octanol–water partition coefficient (Wildman–Crippen LogP) is 3.26. The summed E-state index contributed by atoms with van der Waals surface area (Å²) in [6.45, 7) is 2.05. The van der Waals surface area contributed by atoms with Crippen molar-refractivity contribution in [2.75, 3.05) is 17.7 Å². The number of thioether (sulfide) groups is 1. The summed E-state index contributed by atoms with van der Waals surface area (Å²) in [5.41, 5.74) is 2.21. The SMILES string of the molecule is CCOC(=O)c1c(NC(=O)CCSc2c([O-])on[n+]2-c2ccccc2)sc2c1CCCC2. The number of fused-ring (bicyclic) bond motifs is 1. The maximum absolute atomic E-state index is 12.6. The van der Waals surface area contributed by atoms with Crippen molar-refractivity contribution < 1.29 is 28.6 Å². The molecule has 1 N–H and O–H groups in total. The van der Waals surface area contributed by atoms with Crippen molar-refractivity contribution in [1.29, 1.82) is 0 Å². The molecule has 0 radical (unpaired) electrons. The monoisotopic (exact) mass is 473 g/mol. The number of hydrogen-bond donors (Lipinski definition) is 1. The van der Waals surface area contributed by atoms with E-state index in [1.807, 2.05) is 30.3 Å². The largest absolute Gasteiger partial charge is 0.538 e. The number of para-hydroxylation sites is 1. The van der Waals surface area contributed by atoms with Crippen LogP contribution in [-0.4, -0.2) is 29.5 Å². The Balaban J connectivity index is 1.42. The van der Waals surface area contributed by atoms with E-state index in [0.29, 0.717) is 27.0 Å². The highest BCUT2D eigenvalue weighted by molar-refractivity contribution is 7.99. The molecule has 4 rings (SSSR count). The van der Waals surface area contributed by atoms with E-state index in [1.165, 1.54) is 27.8 Å². The summed E-state index contributed by atoms with van der Waals surface area (Å²) in [7, 11) is 0. The lowest BCUT2D eigenvalue weighted by atomic mass is 9.95. The molecule has 1 aliphatic carbocycles. The zero-order valence-corrected chi connectivity index (χ0v) is 19.2. The number of thiophene rings is 1. The van der Waals surface area contributed by atoms with E-state index in [9.17, 15) is 14.7 Å². The second kappa shape index (κ2) is 10.2. The molecule has 0 spiro atoms. The molecule has 0 fully saturated rings. The Hall–Kier alpha value is -2.85. The number of rotatable bonds is 8. The molecule has 1 aromatic carbocycles. The van der Waals surface area contributed by atoms with E-state index in [4.69, 9.17) is 9.26 Å². The maximum atomic E-state index is 12.6. The number of aromatic nitrogens is 2. The van der Waals surface area contributed by atoms with Gasteiger partial charge in [0.15, 0.2) is 5.95 Å². The normalized spacial score (nSPS) is 12.9. The lowest BCUT2D eigenvalue weighted by Gasteiger charge is -2.12. The van der Waals surface area contributed by atoms with Crippen molar-refractivity contribution >= 4 is 40.0 Å². The molecule has 0 saturated carbocycles. The van der Waals surface area contributed by atoms with Crippen LogP contribution in [0.4, 0.5) is 5.00 Å². The fraction of sp³-hybridized carbons (Fsp3) is 0.364. The van der Waals surface area contributed by atoms with Gasteiger partial charge < -0.3 is 19.7 Å². The Morgan fingerprint density at radius 2 is 2.06 bits per heavy atom. The average molecular weight is 474 g/mol. The number of aryl methyl sites for hydroxylation is 1. The van der Waals surface area contributed by atoms with E-state index in [2.05, 4.69) is 10.6 Å². The lowest BCUT2D eigenvalue weighted by molar-refractivity contribution is -0.705. The molecule has 0 saturated heterocycles. The van der Waals surface area contributed by atoms with Gasteiger partial charge >= 0.3 is 5.97 Å². The van der Waals surface area contributed by atoms with Crippen LogP contribution in [-0.2, 0) is 22.4 Å². The minimum atomic E-state index is -0.546. The number of nitrogens with zero attached hydrogens (tertiary/aromatic N) is 2. The summed E-state index contributed by atoms with van der Waals surface area (Å²) in [6, 6.07) is 9.17. The van der Waals surface area contributed by atoms with Gasteiger partial charge in [-0.05, 0) is 42.9 Å². The molecular weight excluding hydrogens is 450 g/mol. The molecule has 0 bridgehead atoms. The fourth-order valence-corrected chi connectivity index (χ4v) is 5.79. The first-order valence-electron chi connectivity index (χ1n) is 10.5. The van der Waals surface area contributed by atoms with Crippen LogP contribution in [0.5, 0.6) is 5.95 Å². The van der Waals surface area contributed by atoms with Gasteiger partial charge in [0, 0.05) is 29.2 Å². The van der Waals surface area contributed by atoms with Crippen molar-refractivity contribution in [3.05, 3.63) is 46.3 Å². The fourth-order valence-electron chi connectivity index (χ4n) is 3.60. The van der Waals surface area contributed by atoms with Crippen molar-refractivity contribution in [3.8, 4) is 11.6 Å². The highest BCUT2D eigenvalue weighted by atomic mass is 32.2.